The molecule has 0 saturated carbocycles. The first kappa shape index (κ1) is 8.81. The van der Waals surface area contributed by atoms with Crippen LogP contribution in [0.2, 0.25) is 0 Å². The fourth-order valence-corrected chi connectivity index (χ4v) is 1.62. The van der Waals surface area contributed by atoms with Crippen LogP contribution < -0.4 is 5.56 Å². The molecule has 1 aromatic heterocycles. The van der Waals surface area contributed by atoms with Gasteiger partial charge in [-0.2, -0.15) is 0 Å². The van der Waals surface area contributed by atoms with Crippen molar-refractivity contribution in [2.45, 2.75) is 13.3 Å². The molecule has 0 unspecified atom stereocenters. The highest BCUT2D eigenvalue weighted by Crippen LogP contribution is 2.23. The maximum atomic E-state index is 11.2. The van der Waals surface area contributed by atoms with Crippen LogP contribution in [0.4, 0.5) is 0 Å². The van der Waals surface area contributed by atoms with Crippen LogP contribution in [0.15, 0.2) is 29.1 Å². The molecule has 0 aliphatic rings. The fraction of sp³-hybridized carbons (Fsp3) is 0.182. The summed E-state index contributed by atoms with van der Waals surface area (Å²) in [6, 6.07) is 6.80. The molecular formula is C11H11NO2. The Morgan fingerprint density at radius 1 is 1.43 bits per heavy atom. The van der Waals surface area contributed by atoms with Gasteiger partial charge in [-0.3, -0.25) is 4.79 Å². The molecule has 3 heteroatoms. The summed E-state index contributed by atoms with van der Waals surface area (Å²) < 4.78 is 0. The lowest BCUT2D eigenvalue weighted by atomic mass is 10.1. The second-order valence-electron chi connectivity index (χ2n) is 3.21. The van der Waals surface area contributed by atoms with E-state index in [1.165, 1.54) is 6.07 Å². The number of aromatic hydroxyl groups is 1. The summed E-state index contributed by atoms with van der Waals surface area (Å²) in [6.45, 7) is 2.01. The molecule has 2 rings (SSSR count). The van der Waals surface area contributed by atoms with Crippen molar-refractivity contribution >= 4 is 10.9 Å². The highest BCUT2D eigenvalue weighted by atomic mass is 16.3. The molecule has 14 heavy (non-hydrogen) atoms. The van der Waals surface area contributed by atoms with Crippen LogP contribution in [-0.2, 0) is 6.42 Å². The van der Waals surface area contributed by atoms with Crippen molar-refractivity contribution in [3.63, 3.8) is 0 Å². The number of aryl methyl sites for hydroxylation is 1. The number of hydrogen-bond donors (Lipinski definition) is 2. The Labute approximate surface area is 81.0 Å². The average Bonchev–Trinajstić information content (AvgIpc) is 2.17. The number of para-hydroxylation sites is 1. The number of nitrogens with one attached hydrogen (secondary N) is 1. The number of fused-ring (bicyclic) bond motifs is 1. The van der Waals surface area contributed by atoms with Crippen LogP contribution in [0.3, 0.4) is 0 Å². The number of aromatic nitrogens is 1. The van der Waals surface area contributed by atoms with E-state index >= 15 is 0 Å². The maximum absolute atomic E-state index is 11.2. The lowest BCUT2D eigenvalue weighted by Crippen LogP contribution is -2.04. The van der Waals surface area contributed by atoms with Gasteiger partial charge in [-0.15, -0.1) is 0 Å². The fourth-order valence-electron chi connectivity index (χ4n) is 1.62. The number of pyridine rings is 1. The maximum Gasteiger partial charge on any atom is 0.252 e. The number of benzene rings is 1. The summed E-state index contributed by atoms with van der Waals surface area (Å²) in [5, 5.41) is 10.3. The molecule has 0 atom stereocenters. The minimum Gasteiger partial charge on any atom is -0.507 e. The van der Waals surface area contributed by atoms with Gasteiger partial charge in [0.25, 0.3) is 5.56 Å². The highest BCUT2D eigenvalue weighted by molar-refractivity contribution is 5.86. The van der Waals surface area contributed by atoms with E-state index < -0.39 is 0 Å². The Morgan fingerprint density at radius 2 is 2.21 bits per heavy atom. The van der Waals surface area contributed by atoms with Gasteiger partial charge < -0.3 is 10.1 Å². The van der Waals surface area contributed by atoms with E-state index in [1.807, 2.05) is 19.1 Å². The largest absolute Gasteiger partial charge is 0.507 e. The predicted octanol–water partition coefficient (Wildman–Crippen LogP) is 1.80. The van der Waals surface area contributed by atoms with Gasteiger partial charge in [0.05, 0.1) is 5.52 Å². The van der Waals surface area contributed by atoms with Gasteiger partial charge in [-0.1, -0.05) is 19.1 Å². The number of H-pyrrole nitrogens is 1. The van der Waals surface area contributed by atoms with Crippen LogP contribution in [0.1, 0.15) is 12.5 Å². The Morgan fingerprint density at radius 3 is 2.93 bits per heavy atom. The van der Waals surface area contributed by atoms with E-state index in [1.54, 1.807) is 6.07 Å². The van der Waals surface area contributed by atoms with Gasteiger partial charge in [0.15, 0.2) is 0 Å². The SMILES string of the molecule is CCc1cccc2c(O)cc(=O)[nH]c12. The van der Waals surface area contributed by atoms with E-state index in [0.29, 0.717) is 5.39 Å². The standard InChI is InChI=1S/C11H11NO2/c1-2-7-4-3-5-8-9(13)6-10(14)12-11(7)8/h3-6H,2H2,1H3,(H2,12,13,14). The molecule has 0 aliphatic carbocycles. The molecule has 0 fully saturated rings. The molecule has 1 heterocycles. The first-order valence-electron chi connectivity index (χ1n) is 4.56. The molecule has 0 radical (unpaired) electrons. The van der Waals surface area contributed by atoms with Crippen LogP contribution in [0.5, 0.6) is 5.75 Å². The van der Waals surface area contributed by atoms with Crippen LogP contribution >= 0.6 is 0 Å². The van der Waals surface area contributed by atoms with Gasteiger partial charge in [-0.25, -0.2) is 0 Å². The predicted molar refractivity (Wildman–Crippen MR) is 55.6 cm³/mol. The van der Waals surface area contributed by atoms with E-state index in [-0.39, 0.29) is 11.3 Å². The monoisotopic (exact) mass is 189 g/mol. The van der Waals surface area contributed by atoms with E-state index in [2.05, 4.69) is 4.98 Å². The van der Waals surface area contributed by atoms with Crippen molar-refractivity contribution in [3.05, 3.63) is 40.2 Å². The Kier molecular flexibility index (Phi) is 2.00. The summed E-state index contributed by atoms with van der Waals surface area (Å²) in [5.41, 5.74) is 1.51. The number of aromatic amines is 1. The zero-order chi connectivity index (χ0) is 10.1. The first-order chi connectivity index (χ1) is 6.72. The molecule has 0 amide bonds. The first-order valence-corrected chi connectivity index (χ1v) is 4.56. The third kappa shape index (κ3) is 1.27. The quantitative estimate of drug-likeness (QED) is 0.718. The molecule has 0 spiro atoms. The van der Waals surface area contributed by atoms with E-state index in [0.717, 1.165) is 17.5 Å². The topological polar surface area (TPSA) is 53.1 Å². The molecule has 3 nitrogen and oxygen atoms in total. The minimum atomic E-state index is -0.268. The van der Waals surface area contributed by atoms with Crippen LogP contribution in [0, 0.1) is 0 Å². The molecule has 0 saturated heterocycles. The van der Waals surface area contributed by atoms with Crippen molar-refractivity contribution in [2.75, 3.05) is 0 Å². The average molecular weight is 189 g/mol. The smallest absolute Gasteiger partial charge is 0.252 e. The molecule has 0 bridgehead atoms. The number of hydrogen-bond acceptors (Lipinski definition) is 2. The molecular weight excluding hydrogens is 178 g/mol. The van der Waals surface area contributed by atoms with Crippen molar-refractivity contribution in [1.29, 1.82) is 0 Å². The van der Waals surface area contributed by atoms with E-state index in [4.69, 9.17) is 0 Å². The highest BCUT2D eigenvalue weighted by Gasteiger charge is 2.04. The third-order valence-electron chi connectivity index (χ3n) is 2.32. The zero-order valence-electron chi connectivity index (χ0n) is 7.87. The van der Waals surface area contributed by atoms with Gasteiger partial charge >= 0.3 is 0 Å². The molecule has 1 aromatic carbocycles. The molecule has 2 N–H and O–H groups in total. The molecule has 72 valence electrons. The summed E-state index contributed by atoms with van der Waals surface area (Å²) in [6.07, 6.45) is 0.830. The van der Waals surface area contributed by atoms with Crippen LogP contribution in [0.25, 0.3) is 10.9 Å². The lowest BCUT2D eigenvalue weighted by Gasteiger charge is -2.04. The summed E-state index contributed by atoms with van der Waals surface area (Å²) >= 11 is 0. The Balaban J connectivity index is 2.93. The normalized spacial score (nSPS) is 10.6. The second kappa shape index (κ2) is 3.18. The lowest BCUT2D eigenvalue weighted by molar-refractivity contribution is 0.480. The summed E-state index contributed by atoms with van der Waals surface area (Å²) in [5.74, 6) is 0.0408. The van der Waals surface area contributed by atoms with Crippen molar-refractivity contribution in [3.8, 4) is 5.75 Å². The summed E-state index contributed by atoms with van der Waals surface area (Å²) in [4.78, 5) is 13.9. The molecule has 2 aromatic rings. The number of rotatable bonds is 1. The van der Waals surface area contributed by atoms with Crippen molar-refractivity contribution < 1.29 is 5.11 Å². The summed E-state index contributed by atoms with van der Waals surface area (Å²) in [7, 11) is 0. The van der Waals surface area contributed by atoms with Gasteiger partial charge in [0, 0.05) is 11.5 Å². The molecule has 0 aliphatic heterocycles. The van der Waals surface area contributed by atoms with Crippen LogP contribution in [-0.4, -0.2) is 10.1 Å². The second-order valence-corrected chi connectivity index (χ2v) is 3.21. The zero-order valence-corrected chi connectivity index (χ0v) is 7.87. The Hall–Kier alpha value is -1.77. The van der Waals surface area contributed by atoms with Gasteiger partial charge in [-0.05, 0) is 18.1 Å². The third-order valence-corrected chi connectivity index (χ3v) is 2.32. The van der Waals surface area contributed by atoms with Gasteiger partial charge in [0.1, 0.15) is 5.75 Å². The van der Waals surface area contributed by atoms with Crippen molar-refractivity contribution in [1.82, 2.24) is 4.98 Å². The van der Waals surface area contributed by atoms with E-state index in [9.17, 15) is 9.90 Å². The minimum absolute atomic E-state index is 0.0408. The Bertz CT molecular complexity index is 528. The van der Waals surface area contributed by atoms with Crippen molar-refractivity contribution in [2.24, 2.45) is 0 Å². The van der Waals surface area contributed by atoms with Gasteiger partial charge in [0.2, 0.25) is 0 Å².